The molecule has 0 radical (unpaired) electrons. The number of nitrogens with zero attached hydrogens (tertiary/aromatic N) is 2. The monoisotopic (exact) mass is 468 g/mol. The predicted octanol–water partition coefficient (Wildman–Crippen LogP) is 5.23. The third kappa shape index (κ3) is 12.2. The number of unbranched alkanes of at least 4 members (excludes halogenated alkanes) is 11. The summed E-state index contributed by atoms with van der Waals surface area (Å²) in [5.74, 6) is -1.90. The van der Waals surface area contributed by atoms with Crippen LogP contribution < -0.4 is 4.84 Å². The van der Waals surface area contributed by atoms with Gasteiger partial charge in [0.2, 0.25) is 17.7 Å². The van der Waals surface area contributed by atoms with E-state index in [0.29, 0.717) is 17.6 Å². The van der Waals surface area contributed by atoms with Crippen LogP contribution in [0.5, 0.6) is 11.8 Å². The fourth-order valence-corrected chi connectivity index (χ4v) is 3.62. The lowest BCUT2D eigenvalue weighted by atomic mass is 10.0. The maximum Gasteiger partial charge on any atom is 0.441 e. The van der Waals surface area contributed by atoms with Crippen LogP contribution in [0.1, 0.15) is 103 Å². The van der Waals surface area contributed by atoms with E-state index in [-0.39, 0.29) is 25.3 Å². The maximum atomic E-state index is 12.5. The zero-order valence-corrected chi connectivity index (χ0v) is 19.8. The number of carbonyl (C=O) groups excluding carboxylic acids is 2. The van der Waals surface area contributed by atoms with Crippen LogP contribution in [-0.4, -0.2) is 49.5 Å². The van der Waals surface area contributed by atoms with Crippen LogP contribution in [0.4, 0.5) is 4.79 Å². The topological polar surface area (TPSA) is 129 Å². The molecule has 0 bridgehead atoms. The first kappa shape index (κ1) is 28.3. The Balaban J connectivity index is 2.11. The number of hydrogen-bond acceptors (Lipinski definition) is 6. The van der Waals surface area contributed by atoms with Crippen molar-refractivity contribution in [1.82, 2.24) is 9.63 Å². The number of aromatic hydroxyl groups is 2. The summed E-state index contributed by atoms with van der Waals surface area (Å²) >= 11 is 0. The minimum Gasteiger partial charge on any atom is -0.492 e. The molecule has 0 saturated carbocycles. The number of aliphatic carboxylic acids is 1. The Morgan fingerprint density at radius 3 is 1.64 bits per heavy atom. The van der Waals surface area contributed by atoms with Crippen molar-refractivity contribution in [3.05, 3.63) is 12.1 Å². The van der Waals surface area contributed by atoms with Crippen molar-refractivity contribution in [3.63, 3.8) is 0 Å². The number of imide groups is 1. The van der Waals surface area contributed by atoms with E-state index in [2.05, 4.69) is 0 Å². The molecule has 0 unspecified atom stereocenters. The molecule has 0 fully saturated rings. The first-order valence-corrected chi connectivity index (χ1v) is 12.2. The Labute approximate surface area is 196 Å². The number of rotatable bonds is 18. The van der Waals surface area contributed by atoms with Crippen LogP contribution in [0.2, 0.25) is 0 Å². The Morgan fingerprint density at radius 2 is 1.21 bits per heavy atom. The fourth-order valence-electron chi connectivity index (χ4n) is 3.62. The number of carboxylic acids is 1. The molecule has 0 atom stereocenters. The highest BCUT2D eigenvalue weighted by Crippen LogP contribution is 2.19. The van der Waals surface area contributed by atoms with Gasteiger partial charge in [0.15, 0.2) is 0 Å². The van der Waals surface area contributed by atoms with E-state index in [0.717, 1.165) is 43.4 Å². The average molecular weight is 469 g/mol. The molecule has 9 nitrogen and oxygen atoms in total. The molecule has 1 rings (SSSR count). The average Bonchev–Trinajstić information content (AvgIpc) is 3.09. The molecule has 0 aromatic carbocycles. The highest BCUT2D eigenvalue weighted by molar-refractivity contribution is 5.92. The maximum absolute atomic E-state index is 12.5. The lowest BCUT2D eigenvalue weighted by Gasteiger charge is -2.19. The molecular formula is C24H40N2O7. The lowest BCUT2D eigenvalue weighted by molar-refractivity contribution is -0.137. The van der Waals surface area contributed by atoms with E-state index < -0.39 is 23.8 Å². The second kappa shape index (κ2) is 16.9. The highest BCUT2D eigenvalue weighted by atomic mass is 16.7. The fraction of sp³-hybridized carbons (Fsp3) is 0.708. The standard InChI is InChI=1S/C24H40N2O7/c1-2-19-25(24(32)33-26-21(28)17-18-22(26)29)20(27)15-13-11-9-7-5-3-4-6-8-10-12-14-16-23(30)31/h17-18,28-29H,2-16,19H2,1H3,(H,30,31). The zero-order valence-electron chi connectivity index (χ0n) is 19.8. The van der Waals surface area contributed by atoms with Gasteiger partial charge < -0.3 is 20.2 Å². The molecule has 9 heteroatoms. The van der Waals surface area contributed by atoms with Gasteiger partial charge in [-0.05, 0) is 19.3 Å². The number of carboxylic acid groups (broad SMARTS) is 1. The predicted molar refractivity (Wildman–Crippen MR) is 124 cm³/mol. The van der Waals surface area contributed by atoms with Crippen molar-refractivity contribution in [3.8, 4) is 11.8 Å². The molecule has 0 saturated heterocycles. The lowest BCUT2D eigenvalue weighted by Crippen LogP contribution is -2.41. The first-order chi connectivity index (χ1) is 15.9. The summed E-state index contributed by atoms with van der Waals surface area (Å²) in [6.07, 6.45) is 12.8. The first-order valence-electron chi connectivity index (χ1n) is 12.2. The number of hydrogen-bond donors (Lipinski definition) is 3. The molecule has 188 valence electrons. The molecule has 1 aromatic heterocycles. The van der Waals surface area contributed by atoms with E-state index in [4.69, 9.17) is 9.94 Å². The summed E-state index contributed by atoms with van der Waals surface area (Å²) in [6, 6.07) is 2.36. The van der Waals surface area contributed by atoms with Crippen LogP contribution in [0.15, 0.2) is 12.1 Å². The summed E-state index contributed by atoms with van der Waals surface area (Å²) in [5.41, 5.74) is 0. The third-order valence-corrected chi connectivity index (χ3v) is 5.47. The molecule has 0 spiro atoms. The second-order valence-corrected chi connectivity index (χ2v) is 8.38. The molecule has 2 amide bonds. The van der Waals surface area contributed by atoms with Crippen molar-refractivity contribution in [2.24, 2.45) is 0 Å². The van der Waals surface area contributed by atoms with Crippen molar-refractivity contribution in [1.29, 1.82) is 0 Å². The smallest absolute Gasteiger partial charge is 0.441 e. The molecule has 3 N–H and O–H groups in total. The second-order valence-electron chi connectivity index (χ2n) is 8.38. The summed E-state index contributed by atoms with van der Waals surface area (Å²) < 4.78 is 0.581. The Hall–Kier alpha value is -2.71. The van der Waals surface area contributed by atoms with Gasteiger partial charge >= 0.3 is 12.1 Å². The minimum atomic E-state index is -0.925. The Morgan fingerprint density at radius 1 is 0.788 bits per heavy atom. The zero-order chi connectivity index (χ0) is 24.5. The van der Waals surface area contributed by atoms with Gasteiger partial charge in [0.1, 0.15) is 0 Å². The van der Waals surface area contributed by atoms with Gasteiger partial charge in [-0.2, -0.15) is 0 Å². The van der Waals surface area contributed by atoms with E-state index in [1.165, 1.54) is 44.2 Å². The van der Waals surface area contributed by atoms with Crippen molar-refractivity contribution in [2.75, 3.05) is 6.54 Å². The number of amides is 2. The van der Waals surface area contributed by atoms with Crippen molar-refractivity contribution >= 4 is 18.0 Å². The van der Waals surface area contributed by atoms with Crippen molar-refractivity contribution < 1.29 is 34.5 Å². The van der Waals surface area contributed by atoms with E-state index in [1.807, 2.05) is 6.92 Å². The van der Waals surface area contributed by atoms with Crippen LogP contribution in [-0.2, 0) is 9.59 Å². The van der Waals surface area contributed by atoms with Crippen LogP contribution in [0.25, 0.3) is 0 Å². The third-order valence-electron chi connectivity index (χ3n) is 5.47. The Bertz CT molecular complexity index is 698. The molecular weight excluding hydrogens is 428 g/mol. The van der Waals surface area contributed by atoms with Gasteiger partial charge in [0.05, 0.1) is 0 Å². The van der Waals surface area contributed by atoms with Crippen LogP contribution in [0, 0.1) is 0 Å². The van der Waals surface area contributed by atoms with Gasteiger partial charge in [0, 0.05) is 31.5 Å². The quantitative estimate of drug-likeness (QED) is 0.251. The van der Waals surface area contributed by atoms with Gasteiger partial charge in [-0.25, -0.2) is 9.69 Å². The highest BCUT2D eigenvalue weighted by Gasteiger charge is 2.24. The summed E-state index contributed by atoms with van der Waals surface area (Å²) in [6.45, 7) is 2.05. The van der Waals surface area contributed by atoms with Crippen molar-refractivity contribution in [2.45, 2.75) is 103 Å². The molecule has 0 aliphatic rings. The van der Waals surface area contributed by atoms with Gasteiger partial charge in [0.25, 0.3) is 0 Å². The molecule has 0 aliphatic heterocycles. The minimum absolute atomic E-state index is 0.208. The van der Waals surface area contributed by atoms with Crippen LogP contribution >= 0.6 is 0 Å². The summed E-state index contributed by atoms with van der Waals surface area (Å²) in [7, 11) is 0. The summed E-state index contributed by atoms with van der Waals surface area (Å²) in [5, 5.41) is 27.8. The van der Waals surface area contributed by atoms with Gasteiger partial charge in [-0.3, -0.25) is 9.59 Å². The number of carbonyl (C=O) groups is 3. The van der Waals surface area contributed by atoms with E-state index in [1.54, 1.807) is 0 Å². The van der Waals surface area contributed by atoms with E-state index >= 15 is 0 Å². The summed E-state index contributed by atoms with van der Waals surface area (Å²) in [4.78, 5) is 41.2. The molecule has 1 aromatic rings. The molecule has 1 heterocycles. The molecule has 0 aliphatic carbocycles. The van der Waals surface area contributed by atoms with Gasteiger partial charge in [-0.15, -0.1) is 4.73 Å². The number of aromatic nitrogens is 1. The normalized spacial score (nSPS) is 10.8. The molecule has 33 heavy (non-hydrogen) atoms. The SMILES string of the molecule is CCCN(C(=O)CCCCCCCCCCCCCCC(=O)O)C(=O)On1c(O)ccc1O. The van der Waals surface area contributed by atoms with Crippen LogP contribution in [0.3, 0.4) is 0 Å². The van der Waals surface area contributed by atoms with Gasteiger partial charge in [-0.1, -0.05) is 71.1 Å². The largest absolute Gasteiger partial charge is 0.492 e. The Kier molecular flexibility index (Phi) is 14.5. The van der Waals surface area contributed by atoms with E-state index in [9.17, 15) is 24.6 Å².